The summed E-state index contributed by atoms with van der Waals surface area (Å²) in [6.45, 7) is 8.63. The van der Waals surface area contributed by atoms with Crippen LogP contribution in [0.5, 0.6) is 5.75 Å². The summed E-state index contributed by atoms with van der Waals surface area (Å²) in [7, 11) is 0. The Morgan fingerprint density at radius 2 is 1.71 bits per heavy atom. The van der Waals surface area contributed by atoms with E-state index in [4.69, 9.17) is 15.2 Å². The van der Waals surface area contributed by atoms with Crippen LogP contribution in [0.1, 0.15) is 25.3 Å². The molecule has 0 bridgehead atoms. The zero-order chi connectivity index (χ0) is 18.4. The van der Waals surface area contributed by atoms with Gasteiger partial charge in [0.05, 0.1) is 12.0 Å². The van der Waals surface area contributed by atoms with Gasteiger partial charge in [-0.1, -0.05) is 12.1 Å². The standard InChI is InChI=1S/C20H31N3O3.2ClH/c1-2-26-18-5-3-17(4-6-18)15-22-9-11-23(12-10-22)19(24)20(16-21)7-13-25-14-8-20;;/h3-6H,2,7-16,21H2,1H3;2*1H. The van der Waals surface area contributed by atoms with Crippen LogP contribution in [-0.2, 0) is 16.1 Å². The number of piperazine rings is 1. The summed E-state index contributed by atoms with van der Waals surface area (Å²) in [5, 5.41) is 0. The molecule has 1 amide bonds. The Hall–Kier alpha value is -1.05. The Kier molecular flexibility index (Phi) is 10.6. The third-order valence-corrected chi connectivity index (χ3v) is 5.59. The molecular formula is C20H33Cl2N3O3. The van der Waals surface area contributed by atoms with E-state index in [1.54, 1.807) is 0 Å². The number of hydrogen-bond acceptors (Lipinski definition) is 5. The van der Waals surface area contributed by atoms with Gasteiger partial charge in [0, 0.05) is 52.5 Å². The first-order chi connectivity index (χ1) is 12.7. The molecule has 0 unspecified atom stereocenters. The largest absolute Gasteiger partial charge is 0.494 e. The third kappa shape index (κ3) is 5.97. The molecule has 8 heteroatoms. The van der Waals surface area contributed by atoms with Gasteiger partial charge in [0.2, 0.25) is 5.91 Å². The van der Waals surface area contributed by atoms with Gasteiger partial charge in [0.25, 0.3) is 0 Å². The van der Waals surface area contributed by atoms with Crippen molar-refractivity contribution >= 4 is 30.7 Å². The highest BCUT2D eigenvalue weighted by Gasteiger charge is 2.42. The molecule has 2 aliphatic heterocycles. The van der Waals surface area contributed by atoms with Crippen molar-refractivity contribution in [1.82, 2.24) is 9.80 Å². The van der Waals surface area contributed by atoms with Crippen LogP contribution in [0.2, 0.25) is 0 Å². The Balaban J connectivity index is 0.00000196. The van der Waals surface area contributed by atoms with Crippen molar-refractivity contribution < 1.29 is 14.3 Å². The van der Waals surface area contributed by atoms with Crippen LogP contribution in [0.25, 0.3) is 0 Å². The highest BCUT2D eigenvalue weighted by atomic mass is 35.5. The van der Waals surface area contributed by atoms with Gasteiger partial charge < -0.3 is 20.1 Å². The number of rotatable bonds is 6. The van der Waals surface area contributed by atoms with Gasteiger partial charge in [-0.05, 0) is 37.5 Å². The number of carbonyl (C=O) groups is 1. The summed E-state index contributed by atoms with van der Waals surface area (Å²) in [5.74, 6) is 1.14. The molecule has 1 aromatic rings. The molecular weight excluding hydrogens is 401 g/mol. The molecule has 2 saturated heterocycles. The van der Waals surface area contributed by atoms with Crippen LogP contribution in [-0.4, -0.2) is 68.3 Å². The monoisotopic (exact) mass is 433 g/mol. The first kappa shape index (κ1) is 25.0. The quantitative estimate of drug-likeness (QED) is 0.745. The summed E-state index contributed by atoms with van der Waals surface area (Å²) >= 11 is 0. The second-order valence-corrected chi connectivity index (χ2v) is 7.24. The second-order valence-electron chi connectivity index (χ2n) is 7.24. The molecule has 1 aromatic carbocycles. The van der Waals surface area contributed by atoms with E-state index in [2.05, 4.69) is 17.0 Å². The van der Waals surface area contributed by atoms with E-state index in [0.29, 0.717) is 26.4 Å². The number of nitrogens with zero attached hydrogens (tertiary/aromatic N) is 2. The number of nitrogens with two attached hydrogens (primary N) is 1. The van der Waals surface area contributed by atoms with Crippen LogP contribution in [0, 0.1) is 5.41 Å². The van der Waals surface area contributed by atoms with E-state index >= 15 is 0 Å². The van der Waals surface area contributed by atoms with Crippen molar-refractivity contribution in [3.8, 4) is 5.75 Å². The van der Waals surface area contributed by atoms with Crippen LogP contribution >= 0.6 is 24.8 Å². The zero-order valence-corrected chi connectivity index (χ0v) is 18.2. The van der Waals surface area contributed by atoms with E-state index < -0.39 is 5.41 Å². The van der Waals surface area contributed by atoms with Gasteiger partial charge in [-0.25, -0.2) is 0 Å². The minimum Gasteiger partial charge on any atom is -0.494 e. The Morgan fingerprint density at radius 1 is 1.11 bits per heavy atom. The van der Waals surface area contributed by atoms with Gasteiger partial charge in [0.15, 0.2) is 0 Å². The van der Waals surface area contributed by atoms with Gasteiger partial charge in [0.1, 0.15) is 5.75 Å². The average molecular weight is 434 g/mol. The average Bonchev–Trinajstić information content (AvgIpc) is 2.70. The van der Waals surface area contributed by atoms with Crippen molar-refractivity contribution in [3.63, 3.8) is 0 Å². The number of carbonyl (C=O) groups excluding carboxylic acids is 1. The van der Waals surface area contributed by atoms with Crippen molar-refractivity contribution in [2.45, 2.75) is 26.3 Å². The molecule has 0 saturated carbocycles. The predicted molar refractivity (Wildman–Crippen MR) is 116 cm³/mol. The van der Waals surface area contributed by atoms with Crippen LogP contribution < -0.4 is 10.5 Å². The zero-order valence-electron chi connectivity index (χ0n) is 16.6. The molecule has 0 spiro atoms. The Labute approximate surface area is 180 Å². The Morgan fingerprint density at radius 3 is 2.25 bits per heavy atom. The minimum absolute atomic E-state index is 0. The first-order valence-corrected chi connectivity index (χ1v) is 9.68. The smallest absolute Gasteiger partial charge is 0.230 e. The maximum absolute atomic E-state index is 13.0. The third-order valence-electron chi connectivity index (χ3n) is 5.59. The van der Waals surface area contributed by atoms with Gasteiger partial charge in [-0.15, -0.1) is 24.8 Å². The lowest BCUT2D eigenvalue weighted by atomic mass is 9.78. The maximum Gasteiger partial charge on any atom is 0.230 e. The molecule has 3 rings (SSSR count). The molecule has 2 fully saturated rings. The Bertz CT molecular complexity index is 587. The lowest BCUT2D eigenvalue weighted by Gasteiger charge is -2.42. The van der Waals surface area contributed by atoms with Crippen LogP contribution in [0.15, 0.2) is 24.3 Å². The van der Waals surface area contributed by atoms with Crippen molar-refractivity contribution in [3.05, 3.63) is 29.8 Å². The molecule has 28 heavy (non-hydrogen) atoms. The molecule has 0 aromatic heterocycles. The highest BCUT2D eigenvalue weighted by Crippen LogP contribution is 2.32. The summed E-state index contributed by atoms with van der Waals surface area (Å²) < 4.78 is 10.9. The summed E-state index contributed by atoms with van der Waals surface area (Å²) in [5.41, 5.74) is 6.85. The fraction of sp³-hybridized carbons (Fsp3) is 0.650. The van der Waals surface area contributed by atoms with E-state index in [1.165, 1.54) is 5.56 Å². The number of halogens is 2. The van der Waals surface area contributed by atoms with Crippen LogP contribution in [0.3, 0.4) is 0 Å². The summed E-state index contributed by atoms with van der Waals surface area (Å²) in [4.78, 5) is 17.4. The van der Waals surface area contributed by atoms with Crippen molar-refractivity contribution in [2.75, 3.05) is 52.5 Å². The molecule has 2 heterocycles. The number of amides is 1. The molecule has 2 N–H and O–H groups in total. The van der Waals surface area contributed by atoms with E-state index in [1.807, 2.05) is 24.0 Å². The highest BCUT2D eigenvalue weighted by molar-refractivity contribution is 5.85. The molecule has 0 radical (unpaired) electrons. The number of ether oxygens (including phenoxy) is 2. The van der Waals surface area contributed by atoms with Crippen LogP contribution in [0.4, 0.5) is 0 Å². The topological polar surface area (TPSA) is 68.0 Å². The van der Waals surface area contributed by atoms with Crippen molar-refractivity contribution in [1.29, 1.82) is 0 Å². The maximum atomic E-state index is 13.0. The number of hydrogen-bond donors (Lipinski definition) is 1. The number of benzene rings is 1. The van der Waals surface area contributed by atoms with Gasteiger partial charge in [-0.3, -0.25) is 9.69 Å². The van der Waals surface area contributed by atoms with E-state index in [-0.39, 0.29) is 30.7 Å². The lowest BCUT2D eigenvalue weighted by Crippen LogP contribution is -2.56. The SMILES string of the molecule is CCOc1ccc(CN2CCN(C(=O)C3(CN)CCOCC3)CC2)cc1.Cl.Cl. The van der Waals surface area contributed by atoms with Gasteiger partial charge in [-0.2, -0.15) is 0 Å². The predicted octanol–water partition coefficient (Wildman–Crippen LogP) is 2.33. The van der Waals surface area contributed by atoms with E-state index in [0.717, 1.165) is 51.3 Å². The van der Waals surface area contributed by atoms with E-state index in [9.17, 15) is 4.79 Å². The lowest BCUT2D eigenvalue weighted by molar-refractivity contribution is -0.149. The summed E-state index contributed by atoms with van der Waals surface area (Å²) in [6, 6.07) is 8.28. The minimum atomic E-state index is -0.407. The fourth-order valence-electron chi connectivity index (χ4n) is 3.83. The molecule has 0 atom stereocenters. The van der Waals surface area contributed by atoms with Crippen molar-refractivity contribution in [2.24, 2.45) is 11.1 Å². The fourth-order valence-corrected chi connectivity index (χ4v) is 3.83. The molecule has 0 aliphatic carbocycles. The molecule has 6 nitrogen and oxygen atoms in total. The normalized spacial score (nSPS) is 19.3. The van der Waals surface area contributed by atoms with Gasteiger partial charge >= 0.3 is 0 Å². The summed E-state index contributed by atoms with van der Waals surface area (Å²) in [6.07, 6.45) is 1.49. The molecule has 160 valence electrons. The first-order valence-electron chi connectivity index (χ1n) is 9.68. The molecule has 2 aliphatic rings. The second kappa shape index (κ2) is 11.8.